The Kier molecular flexibility index (Phi) is 11.6. The van der Waals surface area contributed by atoms with Crippen LogP contribution in [0, 0.1) is 0 Å². The van der Waals surface area contributed by atoms with E-state index in [9.17, 15) is 0 Å². The molecule has 0 saturated heterocycles. The Bertz CT molecular complexity index is 4700. The molecule has 0 unspecified atom stereocenters. The first-order valence-electron chi connectivity index (χ1n) is 28.7. The first-order valence-corrected chi connectivity index (χ1v) is 28.7. The van der Waals surface area contributed by atoms with Gasteiger partial charge in [-0.25, -0.2) is 0 Å². The van der Waals surface area contributed by atoms with E-state index in [4.69, 9.17) is 0 Å². The third-order valence-electron chi connectivity index (χ3n) is 17.8. The van der Waals surface area contributed by atoms with Crippen molar-refractivity contribution < 1.29 is 0 Å². The Morgan fingerprint density at radius 3 is 1.27 bits per heavy atom. The first-order chi connectivity index (χ1) is 40.2. The van der Waals surface area contributed by atoms with Crippen molar-refractivity contribution in [3.8, 4) is 44.5 Å². The molecule has 13 aromatic rings. The normalized spacial score (nSPS) is 13.5. The van der Waals surface area contributed by atoms with E-state index >= 15 is 0 Å². The Morgan fingerprint density at radius 2 is 0.695 bits per heavy atom. The monoisotopic (exact) mass is 1050 g/mol. The van der Waals surface area contributed by atoms with Gasteiger partial charge in [-0.2, -0.15) is 0 Å². The highest BCUT2D eigenvalue weighted by molar-refractivity contribution is 6.17. The largest absolute Gasteiger partial charge is 0.310 e. The maximum absolute atomic E-state index is 2.49. The van der Waals surface area contributed by atoms with Gasteiger partial charge in [0.05, 0.1) is 11.4 Å². The minimum absolute atomic E-state index is 0.151. The number of hydrogen-bond acceptors (Lipinski definition) is 2. The van der Waals surface area contributed by atoms with Crippen LogP contribution in [0.1, 0.15) is 61.1 Å². The Hall–Kier alpha value is -10.0. The van der Waals surface area contributed by atoms with E-state index in [1.807, 2.05) is 0 Å². The van der Waals surface area contributed by atoms with Crippen LogP contribution >= 0.6 is 0 Å². The van der Waals surface area contributed by atoms with Crippen molar-refractivity contribution in [1.29, 1.82) is 0 Å². The second-order valence-corrected chi connectivity index (χ2v) is 23.2. The minimum Gasteiger partial charge on any atom is -0.310 e. The van der Waals surface area contributed by atoms with Gasteiger partial charge in [0, 0.05) is 44.4 Å². The molecule has 2 aliphatic rings. The van der Waals surface area contributed by atoms with Crippen molar-refractivity contribution >= 4 is 78.6 Å². The summed E-state index contributed by atoms with van der Waals surface area (Å²) in [6, 6.07) is 103. The molecular weight excluding hydrogens is 989 g/mol. The standard InChI is InChI=1S/C80H60N2/c1-79(2)72-35-17-15-32-66(72)68-45-42-62(51-74(68)79)81(60-28-19-26-58(49-60)53-21-7-5-8-22-53)76-47-40-56(64-30-13-14-34-70(64)76)37-38-57-41-48-77(71-44-39-55-25-11-12-31-65(55)78(57)71)82(61-29-20-27-59(50-61)54-23-9-6-10-24-54)63-43-46-69-67-33-16-18-36-73(67)80(3,4)75(69)52-63/h5-52H,1-4H3/b38-37+. The van der Waals surface area contributed by atoms with E-state index in [0.717, 1.165) is 45.3 Å². The minimum atomic E-state index is -0.160. The maximum Gasteiger partial charge on any atom is 0.0540 e. The molecular formula is C80H60N2. The highest BCUT2D eigenvalue weighted by Gasteiger charge is 2.37. The quantitative estimate of drug-likeness (QED) is 0.0995. The lowest BCUT2D eigenvalue weighted by Crippen LogP contribution is -2.16. The van der Waals surface area contributed by atoms with Crippen LogP contribution in [-0.2, 0) is 10.8 Å². The van der Waals surface area contributed by atoms with Crippen LogP contribution in [0.4, 0.5) is 34.1 Å². The van der Waals surface area contributed by atoms with Crippen LogP contribution in [0.25, 0.3) is 89.0 Å². The molecule has 15 rings (SSSR count). The van der Waals surface area contributed by atoms with Gasteiger partial charge in [-0.05, 0) is 160 Å². The molecule has 13 aromatic carbocycles. The van der Waals surface area contributed by atoms with Gasteiger partial charge in [0.1, 0.15) is 0 Å². The number of benzene rings is 13. The highest BCUT2D eigenvalue weighted by Crippen LogP contribution is 2.54. The fourth-order valence-electron chi connectivity index (χ4n) is 13.7. The van der Waals surface area contributed by atoms with E-state index in [1.165, 1.54) is 99.1 Å². The molecule has 0 fully saturated rings. The molecule has 0 heterocycles. The Morgan fingerprint density at radius 1 is 0.268 bits per heavy atom. The molecule has 2 nitrogen and oxygen atoms in total. The molecule has 82 heavy (non-hydrogen) atoms. The van der Waals surface area contributed by atoms with Crippen LogP contribution in [0.2, 0.25) is 0 Å². The van der Waals surface area contributed by atoms with Gasteiger partial charge < -0.3 is 9.80 Å². The van der Waals surface area contributed by atoms with Crippen molar-refractivity contribution in [2.24, 2.45) is 0 Å². The molecule has 0 aliphatic heterocycles. The van der Waals surface area contributed by atoms with Crippen molar-refractivity contribution in [2.75, 3.05) is 9.80 Å². The second-order valence-electron chi connectivity index (χ2n) is 23.2. The number of anilines is 6. The lowest BCUT2D eigenvalue weighted by Gasteiger charge is -2.30. The van der Waals surface area contributed by atoms with E-state index in [0.29, 0.717) is 0 Å². The van der Waals surface area contributed by atoms with Gasteiger partial charge in [0.2, 0.25) is 0 Å². The van der Waals surface area contributed by atoms with Gasteiger partial charge in [0.15, 0.2) is 0 Å². The molecule has 390 valence electrons. The molecule has 0 atom stereocenters. The fourth-order valence-corrected chi connectivity index (χ4v) is 13.7. The second kappa shape index (κ2) is 19.4. The summed E-state index contributed by atoms with van der Waals surface area (Å²) in [5.41, 5.74) is 24.2. The maximum atomic E-state index is 2.49. The molecule has 0 saturated carbocycles. The molecule has 2 aliphatic carbocycles. The number of rotatable bonds is 10. The van der Waals surface area contributed by atoms with E-state index in [2.05, 4.69) is 329 Å². The van der Waals surface area contributed by atoms with E-state index < -0.39 is 0 Å². The summed E-state index contributed by atoms with van der Waals surface area (Å²) in [6.07, 6.45) is 4.68. The van der Waals surface area contributed by atoms with Crippen molar-refractivity contribution in [1.82, 2.24) is 0 Å². The summed E-state index contributed by atoms with van der Waals surface area (Å²) in [4.78, 5) is 4.97. The van der Waals surface area contributed by atoms with Crippen molar-refractivity contribution in [3.05, 3.63) is 312 Å². The zero-order chi connectivity index (χ0) is 55.1. The lowest BCUT2D eigenvalue weighted by molar-refractivity contribution is 0.660. The zero-order valence-electron chi connectivity index (χ0n) is 46.6. The summed E-state index contributed by atoms with van der Waals surface area (Å²) in [5, 5.41) is 7.20. The molecule has 0 amide bonds. The third kappa shape index (κ3) is 8.00. The average Bonchev–Trinajstić information content (AvgIpc) is 2.79. The van der Waals surface area contributed by atoms with Crippen molar-refractivity contribution in [3.63, 3.8) is 0 Å². The highest BCUT2D eigenvalue weighted by atomic mass is 15.1. The van der Waals surface area contributed by atoms with Gasteiger partial charge in [-0.15, -0.1) is 0 Å². The predicted octanol–water partition coefficient (Wildman–Crippen LogP) is 22.2. The lowest BCUT2D eigenvalue weighted by atomic mass is 9.82. The Labute approximate surface area is 481 Å². The summed E-state index contributed by atoms with van der Waals surface area (Å²) in [6.45, 7) is 9.48. The predicted molar refractivity (Wildman–Crippen MR) is 350 cm³/mol. The van der Waals surface area contributed by atoms with Crippen LogP contribution in [0.15, 0.2) is 279 Å². The number of nitrogens with zero attached hydrogens (tertiary/aromatic N) is 2. The van der Waals surface area contributed by atoms with Crippen LogP contribution in [0.3, 0.4) is 0 Å². The number of hydrogen-bond donors (Lipinski definition) is 0. The summed E-state index contributed by atoms with van der Waals surface area (Å²) in [5.74, 6) is 0. The molecule has 0 bridgehead atoms. The smallest absolute Gasteiger partial charge is 0.0540 e. The molecule has 0 radical (unpaired) electrons. The molecule has 0 N–H and O–H groups in total. The van der Waals surface area contributed by atoms with Crippen molar-refractivity contribution in [2.45, 2.75) is 38.5 Å². The summed E-state index contributed by atoms with van der Waals surface area (Å²) >= 11 is 0. The molecule has 0 spiro atoms. The Balaban J connectivity index is 0.884. The molecule has 2 heteroatoms. The van der Waals surface area contributed by atoms with Gasteiger partial charge >= 0.3 is 0 Å². The molecule has 0 aromatic heterocycles. The third-order valence-corrected chi connectivity index (χ3v) is 17.8. The summed E-state index contributed by atoms with van der Waals surface area (Å²) < 4.78 is 0. The topological polar surface area (TPSA) is 6.48 Å². The first kappa shape index (κ1) is 49.1. The van der Waals surface area contributed by atoms with Gasteiger partial charge in [-0.3, -0.25) is 0 Å². The summed E-state index contributed by atoms with van der Waals surface area (Å²) in [7, 11) is 0. The van der Waals surface area contributed by atoms with Gasteiger partial charge in [-0.1, -0.05) is 258 Å². The van der Waals surface area contributed by atoms with Crippen LogP contribution in [0.5, 0.6) is 0 Å². The number of fused-ring (bicyclic) bond motifs is 10. The van der Waals surface area contributed by atoms with E-state index in [-0.39, 0.29) is 10.8 Å². The van der Waals surface area contributed by atoms with E-state index in [1.54, 1.807) is 0 Å². The SMILES string of the molecule is CC1(C)c2ccccc2-c2ccc(N(c3cccc(-c4ccccc4)c3)c3ccc(/C=C/c4ccc(N(c5cccc(-c6ccccc6)c5)c5ccc6c(c5)C(C)(C)c5ccccc5-6)c5ccc6ccccc6c45)c4ccccc34)cc21. The fraction of sp³-hybridized carbons (Fsp3) is 0.0750. The van der Waals surface area contributed by atoms with Crippen LogP contribution < -0.4 is 9.80 Å². The average molecular weight is 1050 g/mol. The van der Waals surface area contributed by atoms with Crippen LogP contribution in [-0.4, -0.2) is 0 Å². The zero-order valence-corrected chi connectivity index (χ0v) is 46.6. The van der Waals surface area contributed by atoms with Gasteiger partial charge in [0.25, 0.3) is 0 Å².